The Labute approximate surface area is 181 Å². The summed E-state index contributed by atoms with van der Waals surface area (Å²) in [6.45, 7) is 3.92. The fourth-order valence-electron chi connectivity index (χ4n) is 4.95. The lowest BCUT2D eigenvalue weighted by molar-refractivity contribution is -0.122. The lowest BCUT2D eigenvalue weighted by Gasteiger charge is -2.25. The van der Waals surface area contributed by atoms with Crippen LogP contribution < -0.4 is 5.56 Å². The highest BCUT2D eigenvalue weighted by atomic mass is 16.3. The molecule has 1 aromatic carbocycles. The van der Waals surface area contributed by atoms with Gasteiger partial charge in [0.15, 0.2) is 0 Å². The van der Waals surface area contributed by atoms with Crippen molar-refractivity contribution in [3.05, 3.63) is 82.4 Å². The molecule has 0 amide bonds. The molecular formula is C24H28N4O3. The van der Waals surface area contributed by atoms with Gasteiger partial charge in [-0.2, -0.15) is 0 Å². The van der Waals surface area contributed by atoms with E-state index in [0.29, 0.717) is 12.1 Å². The molecule has 162 valence electrons. The van der Waals surface area contributed by atoms with Gasteiger partial charge in [0.2, 0.25) is 0 Å². The molecule has 0 unspecified atom stereocenters. The van der Waals surface area contributed by atoms with E-state index in [4.69, 9.17) is 14.9 Å². The number of hydrogen-bond acceptors (Lipinski definition) is 5. The third kappa shape index (κ3) is 4.84. The third-order valence-corrected chi connectivity index (χ3v) is 6.33. The summed E-state index contributed by atoms with van der Waals surface area (Å²) in [7, 11) is 0. The SMILES string of the molecule is O=CO.O=c1cc(CN2CC[C@H]3[C@@H]2CCN3CCc2ccccc2)nc2ccccn12. The Morgan fingerprint density at radius 1 is 1.00 bits per heavy atom. The Balaban J connectivity index is 0.000000730. The van der Waals surface area contributed by atoms with Crippen LogP contribution in [0.4, 0.5) is 0 Å². The minimum atomic E-state index is -0.250. The molecule has 2 fully saturated rings. The van der Waals surface area contributed by atoms with Crippen molar-refractivity contribution >= 4 is 12.1 Å². The summed E-state index contributed by atoms with van der Waals surface area (Å²) in [6, 6.07) is 19.4. The molecule has 1 N–H and O–H groups in total. The Morgan fingerprint density at radius 2 is 1.68 bits per heavy atom. The lowest BCUT2D eigenvalue weighted by Crippen LogP contribution is -2.37. The molecule has 7 nitrogen and oxygen atoms in total. The van der Waals surface area contributed by atoms with Crippen LogP contribution in [0.3, 0.4) is 0 Å². The summed E-state index contributed by atoms with van der Waals surface area (Å²) in [5.74, 6) is 0. The van der Waals surface area contributed by atoms with Crippen LogP contribution in [-0.4, -0.2) is 62.5 Å². The molecule has 0 aliphatic carbocycles. The van der Waals surface area contributed by atoms with Crippen LogP contribution in [0.5, 0.6) is 0 Å². The van der Waals surface area contributed by atoms with Gasteiger partial charge < -0.3 is 5.11 Å². The van der Waals surface area contributed by atoms with Crippen molar-refractivity contribution < 1.29 is 9.90 Å². The number of pyridine rings is 1. The van der Waals surface area contributed by atoms with Gasteiger partial charge in [0.05, 0.1) is 5.69 Å². The summed E-state index contributed by atoms with van der Waals surface area (Å²) in [6.07, 6.45) is 5.33. The topological polar surface area (TPSA) is 78.2 Å². The van der Waals surface area contributed by atoms with E-state index in [9.17, 15) is 4.79 Å². The number of carboxylic acid groups (broad SMARTS) is 1. The van der Waals surface area contributed by atoms with Crippen LogP contribution in [0.2, 0.25) is 0 Å². The molecule has 3 aromatic rings. The molecule has 0 saturated carbocycles. The molecule has 2 aromatic heterocycles. The summed E-state index contributed by atoms with van der Waals surface area (Å²) in [4.78, 5) is 30.6. The summed E-state index contributed by atoms with van der Waals surface area (Å²) < 4.78 is 1.61. The normalized spacial score (nSPS) is 20.9. The number of hydrogen-bond donors (Lipinski definition) is 1. The number of nitrogens with zero attached hydrogens (tertiary/aromatic N) is 4. The quantitative estimate of drug-likeness (QED) is 0.638. The summed E-state index contributed by atoms with van der Waals surface area (Å²) >= 11 is 0. The van der Waals surface area contributed by atoms with E-state index in [2.05, 4.69) is 40.1 Å². The predicted octanol–water partition coefficient (Wildman–Crippen LogP) is 2.29. The minimum Gasteiger partial charge on any atom is -0.483 e. The maximum absolute atomic E-state index is 12.4. The van der Waals surface area contributed by atoms with Gasteiger partial charge in [-0.3, -0.25) is 23.8 Å². The smallest absolute Gasteiger partial charge is 0.290 e. The Hall–Kier alpha value is -3.03. The van der Waals surface area contributed by atoms with E-state index in [-0.39, 0.29) is 12.0 Å². The average molecular weight is 421 g/mol. The van der Waals surface area contributed by atoms with Gasteiger partial charge in [-0.15, -0.1) is 0 Å². The second-order valence-electron chi connectivity index (χ2n) is 8.07. The van der Waals surface area contributed by atoms with Gasteiger partial charge in [-0.25, -0.2) is 4.98 Å². The highest BCUT2D eigenvalue weighted by molar-refractivity contribution is 5.38. The molecule has 0 radical (unpaired) electrons. The number of likely N-dealkylation sites (tertiary alicyclic amines) is 2. The minimum absolute atomic E-state index is 0.00672. The predicted molar refractivity (Wildman–Crippen MR) is 119 cm³/mol. The average Bonchev–Trinajstić information content (AvgIpc) is 3.37. The highest BCUT2D eigenvalue weighted by Crippen LogP contribution is 2.32. The van der Waals surface area contributed by atoms with Crippen LogP contribution in [0.25, 0.3) is 5.65 Å². The molecule has 0 spiro atoms. The van der Waals surface area contributed by atoms with Gasteiger partial charge in [0.25, 0.3) is 12.0 Å². The number of benzene rings is 1. The number of aromatic nitrogens is 2. The largest absolute Gasteiger partial charge is 0.483 e. The molecule has 2 aliphatic rings. The van der Waals surface area contributed by atoms with Gasteiger partial charge in [0.1, 0.15) is 5.65 Å². The molecular weight excluding hydrogens is 392 g/mol. The zero-order chi connectivity index (χ0) is 21.6. The molecule has 4 heterocycles. The van der Waals surface area contributed by atoms with Gasteiger partial charge in [0, 0.05) is 50.5 Å². The standard InChI is InChI=1S/C23H26N4O.CH2O2/c28-23-16-19(24-22-8-4-5-12-27(22)23)17-26-15-11-20-21(26)10-14-25(20)13-9-18-6-2-1-3-7-18;2-1-3/h1-8,12,16,20-21H,9-11,13-15,17H2;1H,(H,2,3)/t20-,21-;/m0./s1. The first-order chi connectivity index (χ1) is 15.2. The zero-order valence-electron chi connectivity index (χ0n) is 17.5. The Bertz CT molecular complexity index is 1070. The van der Waals surface area contributed by atoms with E-state index in [1.807, 2.05) is 18.2 Å². The molecule has 7 heteroatoms. The van der Waals surface area contributed by atoms with E-state index >= 15 is 0 Å². The van der Waals surface area contributed by atoms with Crippen molar-refractivity contribution in [2.24, 2.45) is 0 Å². The summed E-state index contributed by atoms with van der Waals surface area (Å²) in [5, 5.41) is 6.89. The van der Waals surface area contributed by atoms with Crippen LogP contribution in [-0.2, 0) is 17.8 Å². The second-order valence-corrected chi connectivity index (χ2v) is 8.07. The first-order valence-electron chi connectivity index (χ1n) is 10.8. The van der Waals surface area contributed by atoms with Crippen molar-refractivity contribution in [2.75, 3.05) is 19.6 Å². The molecule has 5 rings (SSSR count). The first-order valence-corrected chi connectivity index (χ1v) is 10.8. The van der Waals surface area contributed by atoms with Crippen molar-refractivity contribution in [3.63, 3.8) is 0 Å². The lowest BCUT2D eigenvalue weighted by atomic mass is 10.1. The van der Waals surface area contributed by atoms with E-state index in [0.717, 1.165) is 37.4 Å². The molecule has 2 aliphatic heterocycles. The van der Waals surface area contributed by atoms with Gasteiger partial charge in [-0.1, -0.05) is 36.4 Å². The highest BCUT2D eigenvalue weighted by Gasteiger charge is 2.41. The summed E-state index contributed by atoms with van der Waals surface area (Å²) in [5.41, 5.74) is 3.05. The van der Waals surface area contributed by atoms with Crippen LogP contribution >= 0.6 is 0 Å². The van der Waals surface area contributed by atoms with Gasteiger partial charge in [-0.05, 0) is 37.0 Å². The second kappa shape index (κ2) is 9.85. The molecule has 31 heavy (non-hydrogen) atoms. The van der Waals surface area contributed by atoms with Crippen LogP contribution in [0.15, 0.2) is 65.6 Å². The van der Waals surface area contributed by atoms with Crippen LogP contribution in [0, 0.1) is 0 Å². The zero-order valence-corrected chi connectivity index (χ0v) is 17.5. The molecule has 2 saturated heterocycles. The monoisotopic (exact) mass is 420 g/mol. The van der Waals surface area contributed by atoms with Crippen LogP contribution in [0.1, 0.15) is 24.1 Å². The van der Waals surface area contributed by atoms with Crippen molar-refractivity contribution in [3.8, 4) is 0 Å². The molecule has 2 atom stereocenters. The third-order valence-electron chi connectivity index (χ3n) is 6.33. The fraction of sp³-hybridized carbons (Fsp3) is 0.375. The van der Waals surface area contributed by atoms with Gasteiger partial charge >= 0.3 is 0 Å². The maximum Gasteiger partial charge on any atom is 0.290 e. The first kappa shape index (κ1) is 21.2. The maximum atomic E-state index is 12.4. The Kier molecular flexibility index (Phi) is 6.74. The fourth-order valence-corrected chi connectivity index (χ4v) is 4.95. The number of fused-ring (bicyclic) bond motifs is 2. The molecule has 0 bridgehead atoms. The van der Waals surface area contributed by atoms with E-state index in [1.165, 1.54) is 24.9 Å². The van der Waals surface area contributed by atoms with Crippen molar-refractivity contribution in [2.45, 2.75) is 37.9 Å². The van der Waals surface area contributed by atoms with Crippen molar-refractivity contribution in [1.82, 2.24) is 19.2 Å². The number of rotatable bonds is 5. The van der Waals surface area contributed by atoms with E-state index < -0.39 is 0 Å². The van der Waals surface area contributed by atoms with E-state index in [1.54, 1.807) is 16.7 Å². The number of carbonyl (C=O) groups is 1. The van der Waals surface area contributed by atoms with Crippen molar-refractivity contribution in [1.29, 1.82) is 0 Å². The Morgan fingerprint density at radius 3 is 2.45 bits per heavy atom.